The fourth-order valence-electron chi connectivity index (χ4n) is 0.770. The highest BCUT2D eigenvalue weighted by Crippen LogP contribution is 2.05. The molecule has 0 bridgehead atoms. The third-order valence-electron chi connectivity index (χ3n) is 1.52. The smallest absolute Gasteiger partial charge is 0.133 e. The maximum Gasteiger partial charge on any atom is 0.133 e. The lowest BCUT2D eigenvalue weighted by Crippen LogP contribution is -1.99. The molecule has 0 rings (SSSR count). The molecule has 2 nitrogen and oxygen atoms in total. The Labute approximate surface area is 68.2 Å². The maximum atomic E-state index is 11.0. The number of Topliss-reactive ketones (excluding diaryl/α,β-unsaturated/α-hetero) is 1. The number of ketones is 1. The zero-order valence-corrected chi connectivity index (χ0v) is 7.26. The van der Waals surface area contributed by atoms with E-state index in [9.17, 15) is 4.79 Å². The van der Waals surface area contributed by atoms with Crippen molar-refractivity contribution in [3.8, 4) is 6.07 Å². The minimum Gasteiger partial charge on any atom is -0.300 e. The van der Waals surface area contributed by atoms with Crippen molar-refractivity contribution in [1.29, 1.82) is 5.26 Å². The zero-order valence-electron chi connectivity index (χ0n) is 7.26. The predicted molar refractivity (Wildman–Crippen MR) is 43.9 cm³/mol. The molecule has 0 spiro atoms. The molecule has 0 N–H and O–H groups in total. The lowest BCUT2D eigenvalue weighted by molar-refractivity contribution is -0.119. The molecule has 0 aliphatic heterocycles. The number of rotatable bonds is 5. The summed E-state index contributed by atoms with van der Waals surface area (Å²) in [5.74, 6) is 0.807. The van der Waals surface area contributed by atoms with Crippen molar-refractivity contribution >= 4 is 5.78 Å². The molecule has 2 heteroatoms. The summed E-state index contributed by atoms with van der Waals surface area (Å²) in [6.45, 7) is 4.19. The monoisotopic (exact) mass is 153 g/mol. The molecular formula is C9H15NO. The van der Waals surface area contributed by atoms with Crippen LogP contribution in [0.4, 0.5) is 0 Å². The molecule has 0 unspecified atom stereocenters. The van der Waals surface area contributed by atoms with Crippen molar-refractivity contribution in [2.45, 2.75) is 39.5 Å². The fraction of sp³-hybridized carbons (Fsp3) is 0.778. The van der Waals surface area contributed by atoms with E-state index in [2.05, 4.69) is 13.8 Å². The highest BCUT2D eigenvalue weighted by atomic mass is 16.1. The predicted octanol–water partition coefficient (Wildman–Crippen LogP) is 2.30. The molecule has 0 aromatic rings. The van der Waals surface area contributed by atoms with E-state index in [1.165, 1.54) is 0 Å². The SMILES string of the molecule is CC(C)CCC(=O)CCC#N. The molecule has 0 atom stereocenters. The van der Waals surface area contributed by atoms with Crippen molar-refractivity contribution in [2.75, 3.05) is 0 Å². The molecule has 0 saturated carbocycles. The van der Waals surface area contributed by atoms with Gasteiger partial charge in [-0.05, 0) is 12.3 Å². The minimum absolute atomic E-state index is 0.222. The lowest BCUT2D eigenvalue weighted by Gasteiger charge is -2.01. The molecule has 0 aliphatic rings. The van der Waals surface area contributed by atoms with Crippen LogP contribution in [0.15, 0.2) is 0 Å². The van der Waals surface area contributed by atoms with E-state index in [1.807, 2.05) is 6.07 Å². The third kappa shape index (κ3) is 7.05. The second-order valence-corrected chi connectivity index (χ2v) is 3.13. The van der Waals surface area contributed by atoms with E-state index in [0.717, 1.165) is 6.42 Å². The molecule has 0 radical (unpaired) electrons. The molecule has 11 heavy (non-hydrogen) atoms. The van der Waals surface area contributed by atoms with Gasteiger partial charge in [0, 0.05) is 19.3 Å². The number of carbonyl (C=O) groups is 1. The Bertz CT molecular complexity index is 155. The van der Waals surface area contributed by atoms with E-state index >= 15 is 0 Å². The Kier molecular flexibility index (Phi) is 5.46. The van der Waals surface area contributed by atoms with Gasteiger partial charge in [-0.15, -0.1) is 0 Å². The van der Waals surface area contributed by atoms with Gasteiger partial charge in [0.25, 0.3) is 0 Å². The quantitative estimate of drug-likeness (QED) is 0.608. The summed E-state index contributed by atoms with van der Waals surface area (Å²) >= 11 is 0. The summed E-state index contributed by atoms with van der Waals surface area (Å²) in [7, 11) is 0. The largest absolute Gasteiger partial charge is 0.300 e. The first-order valence-electron chi connectivity index (χ1n) is 4.05. The number of hydrogen-bond acceptors (Lipinski definition) is 2. The van der Waals surface area contributed by atoms with Crippen LogP contribution < -0.4 is 0 Å². The zero-order chi connectivity index (χ0) is 8.69. The molecule has 62 valence electrons. The van der Waals surface area contributed by atoms with Crippen molar-refractivity contribution in [1.82, 2.24) is 0 Å². The normalized spacial score (nSPS) is 9.64. The maximum absolute atomic E-state index is 11.0. The van der Waals surface area contributed by atoms with Crippen LogP contribution in [0.3, 0.4) is 0 Å². The second kappa shape index (κ2) is 5.91. The molecule has 0 amide bonds. The van der Waals surface area contributed by atoms with Crippen LogP contribution in [0.5, 0.6) is 0 Å². The van der Waals surface area contributed by atoms with Crippen LogP contribution in [0.25, 0.3) is 0 Å². The Hall–Kier alpha value is -0.840. The Morgan fingerprint density at radius 1 is 1.45 bits per heavy atom. The number of nitrogens with zero attached hydrogens (tertiary/aromatic N) is 1. The van der Waals surface area contributed by atoms with E-state index in [-0.39, 0.29) is 5.78 Å². The van der Waals surface area contributed by atoms with Gasteiger partial charge in [-0.1, -0.05) is 13.8 Å². The highest BCUT2D eigenvalue weighted by Gasteiger charge is 2.02. The Balaban J connectivity index is 3.32. The van der Waals surface area contributed by atoms with Crippen molar-refractivity contribution in [3.63, 3.8) is 0 Å². The van der Waals surface area contributed by atoms with Crippen LogP contribution >= 0.6 is 0 Å². The van der Waals surface area contributed by atoms with Crippen molar-refractivity contribution in [2.24, 2.45) is 5.92 Å². The van der Waals surface area contributed by atoms with Gasteiger partial charge in [-0.2, -0.15) is 5.26 Å². The highest BCUT2D eigenvalue weighted by molar-refractivity contribution is 5.78. The molecule has 0 fully saturated rings. The van der Waals surface area contributed by atoms with Crippen LogP contribution in [0.1, 0.15) is 39.5 Å². The minimum atomic E-state index is 0.222. The first kappa shape index (κ1) is 10.2. The van der Waals surface area contributed by atoms with E-state index in [4.69, 9.17) is 5.26 Å². The van der Waals surface area contributed by atoms with E-state index in [0.29, 0.717) is 25.2 Å². The van der Waals surface area contributed by atoms with Gasteiger partial charge in [-0.25, -0.2) is 0 Å². The average Bonchev–Trinajstić information content (AvgIpc) is 1.97. The molecular weight excluding hydrogens is 138 g/mol. The Morgan fingerprint density at radius 2 is 2.09 bits per heavy atom. The molecule has 0 aliphatic carbocycles. The van der Waals surface area contributed by atoms with Crippen LogP contribution in [0, 0.1) is 17.2 Å². The summed E-state index contributed by atoms with van der Waals surface area (Å²) < 4.78 is 0. The molecule has 0 aromatic heterocycles. The second-order valence-electron chi connectivity index (χ2n) is 3.13. The van der Waals surface area contributed by atoms with Crippen LogP contribution in [0.2, 0.25) is 0 Å². The van der Waals surface area contributed by atoms with E-state index < -0.39 is 0 Å². The average molecular weight is 153 g/mol. The number of nitriles is 1. The lowest BCUT2D eigenvalue weighted by atomic mass is 10.0. The molecule has 0 heterocycles. The van der Waals surface area contributed by atoms with Crippen LogP contribution in [-0.2, 0) is 4.79 Å². The summed E-state index contributed by atoms with van der Waals surface area (Å²) in [6, 6.07) is 1.97. The van der Waals surface area contributed by atoms with Crippen LogP contribution in [-0.4, -0.2) is 5.78 Å². The summed E-state index contributed by atoms with van der Waals surface area (Å²) in [5.41, 5.74) is 0. The van der Waals surface area contributed by atoms with Gasteiger partial charge in [-0.3, -0.25) is 4.79 Å². The first-order valence-corrected chi connectivity index (χ1v) is 4.05. The van der Waals surface area contributed by atoms with Gasteiger partial charge >= 0.3 is 0 Å². The topological polar surface area (TPSA) is 40.9 Å². The summed E-state index contributed by atoms with van der Waals surface area (Å²) in [4.78, 5) is 11.0. The number of carbonyl (C=O) groups excluding carboxylic acids is 1. The molecule has 0 aromatic carbocycles. The Morgan fingerprint density at radius 3 is 2.55 bits per heavy atom. The fourth-order valence-corrected chi connectivity index (χ4v) is 0.770. The summed E-state index contributed by atoms with van der Waals surface area (Å²) in [6.07, 6.45) is 2.39. The van der Waals surface area contributed by atoms with Crippen molar-refractivity contribution < 1.29 is 4.79 Å². The summed E-state index contributed by atoms with van der Waals surface area (Å²) in [5, 5.41) is 8.19. The van der Waals surface area contributed by atoms with Gasteiger partial charge < -0.3 is 0 Å². The van der Waals surface area contributed by atoms with Gasteiger partial charge in [0.15, 0.2) is 0 Å². The third-order valence-corrected chi connectivity index (χ3v) is 1.52. The molecule has 0 saturated heterocycles. The van der Waals surface area contributed by atoms with Gasteiger partial charge in [0.05, 0.1) is 6.07 Å². The first-order chi connectivity index (χ1) is 5.16. The number of hydrogen-bond donors (Lipinski definition) is 0. The van der Waals surface area contributed by atoms with Gasteiger partial charge in [0.1, 0.15) is 5.78 Å². The standard InChI is InChI=1S/C9H15NO/c1-8(2)5-6-9(11)4-3-7-10/h8H,3-6H2,1-2H3. The van der Waals surface area contributed by atoms with Gasteiger partial charge in [0.2, 0.25) is 0 Å². The van der Waals surface area contributed by atoms with Crippen molar-refractivity contribution in [3.05, 3.63) is 0 Å². The van der Waals surface area contributed by atoms with E-state index in [1.54, 1.807) is 0 Å².